The predicted octanol–water partition coefficient (Wildman–Crippen LogP) is 2.32. The van der Waals surface area contributed by atoms with Gasteiger partial charge < -0.3 is 9.83 Å². The molecule has 3 aromatic heterocycles. The number of halogens is 1. The van der Waals surface area contributed by atoms with Gasteiger partial charge in [0, 0.05) is 18.6 Å². The van der Waals surface area contributed by atoms with Gasteiger partial charge in [0.05, 0.1) is 10.7 Å². The SMILES string of the molecule is NNc1cn2ccnc2c(Sc2ncccc2Br)n1. The van der Waals surface area contributed by atoms with E-state index in [0.29, 0.717) is 5.82 Å². The number of nitrogens with two attached hydrogens (primary N) is 1. The molecule has 0 fully saturated rings. The van der Waals surface area contributed by atoms with Gasteiger partial charge in [-0.25, -0.2) is 20.8 Å². The highest BCUT2D eigenvalue weighted by atomic mass is 79.9. The van der Waals surface area contributed by atoms with Crippen LogP contribution in [0.25, 0.3) is 5.65 Å². The molecule has 0 amide bonds. The second kappa shape index (κ2) is 5.16. The van der Waals surface area contributed by atoms with Crippen LogP contribution in [0, 0.1) is 0 Å². The lowest BCUT2D eigenvalue weighted by Crippen LogP contribution is -2.10. The van der Waals surface area contributed by atoms with E-state index in [2.05, 4.69) is 36.3 Å². The first kappa shape index (κ1) is 12.4. The van der Waals surface area contributed by atoms with E-state index in [1.807, 2.05) is 22.7 Å². The van der Waals surface area contributed by atoms with Crippen molar-refractivity contribution in [3.8, 4) is 0 Å². The van der Waals surface area contributed by atoms with Gasteiger partial charge in [0.25, 0.3) is 0 Å². The van der Waals surface area contributed by atoms with Crippen LogP contribution in [0.5, 0.6) is 0 Å². The second-order valence-corrected chi connectivity index (χ2v) is 5.46. The van der Waals surface area contributed by atoms with Gasteiger partial charge in [-0.2, -0.15) is 0 Å². The largest absolute Gasteiger partial charge is 0.307 e. The normalized spacial score (nSPS) is 10.8. The Morgan fingerprint density at radius 1 is 1.26 bits per heavy atom. The third-order valence-corrected chi connectivity index (χ3v) is 4.30. The number of imidazole rings is 1. The van der Waals surface area contributed by atoms with Crippen LogP contribution in [0.2, 0.25) is 0 Å². The Bertz CT molecular complexity index is 728. The summed E-state index contributed by atoms with van der Waals surface area (Å²) in [6.07, 6.45) is 7.07. The lowest BCUT2D eigenvalue weighted by atomic mass is 10.5. The highest BCUT2D eigenvalue weighted by molar-refractivity contribution is 9.10. The van der Waals surface area contributed by atoms with Gasteiger partial charge in [-0.15, -0.1) is 0 Å². The molecule has 6 nitrogen and oxygen atoms in total. The molecule has 0 aromatic carbocycles. The smallest absolute Gasteiger partial charge is 0.170 e. The van der Waals surface area contributed by atoms with Crippen molar-refractivity contribution in [2.75, 3.05) is 5.43 Å². The van der Waals surface area contributed by atoms with E-state index < -0.39 is 0 Å². The summed E-state index contributed by atoms with van der Waals surface area (Å²) in [6, 6.07) is 3.80. The molecule has 0 spiro atoms. The van der Waals surface area contributed by atoms with Gasteiger partial charge in [-0.05, 0) is 39.8 Å². The standard InChI is InChI=1S/C11H9BrN6S/c12-7-2-1-3-15-10(7)19-11-9-14-4-5-18(9)6-8(16-11)17-13/h1-6,17H,13H2. The monoisotopic (exact) mass is 336 g/mol. The molecular weight excluding hydrogens is 328 g/mol. The minimum Gasteiger partial charge on any atom is -0.307 e. The van der Waals surface area contributed by atoms with Crippen LogP contribution in [0.4, 0.5) is 5.82 Å². The fourth-order valence-corrected chi connectivity index (χ4v) is 2.93. The molecule has 0 atom stereocenters. The minimum absolute atomic E-state index is 0.569. The molecule has 3 aromatic rings. The van der Waals surface area contributed by atoms with Gasteiger partial charge in [0.15, 0.2) is 11.5 Å². The number of hydrazine groups is 1. The molecule has 0 aliphatic heterocycles. The van der Waals surface area contributed by atoms with Gasteiger partial charge in [-0.1, -0.05) is 0 Å². The van der Waals surface area contributed by atoms with Crippen molar-refractivity contribution < 1.29 is 0 Å². The molecule has 0 unspecified atom stereocenters. The maximum Gasteiger partial charge on any atom is 0.170 e. The zero-order valence-corrected chi connectivity index (χ0v) is 12.0. The Morgan fingerprint density at radius 3 is 2.95 bits per heavy atom. The van der Waals surface area contributed by atoms with Crippen LogP contribution in [-0.4, -0.2) is 19.4 Å². The predicted molar refractivity (Wildman–Crippen MR) is 76.9 cm³/mol. The first-order valence-corrected chi connectivity index (χ1v) is 6.97. The molecule has 0 radical (unpaired) electrons. The number of nitrogens with zero attached hydrogens (tertiary/aromatic N) is 4. The molecule has 0 aliphatic carbocycles. The molecule has 3 heterocycles. The van der Waals surface area contributed by atoms with E-state index in [-0.39, 0.29) is 0 Å². The Hall–Kier alpha value is -1.64. The molecule has 96 valence electrons. The van der Waals surface area contributed by atoms with Crippen molar-refractivity contribution in [2.24, 2.45) is 5.84 Å². The molecule has 0 aliphatic rings. The summed E-state index contributed by atoms with van der Waals surface area (Å²) in [7, 11) is 0. The van der Waals surface area contributed by atoms with Crippen molar-refractivity contribution in [3.05, 3.63) is 41.4 Å². The number of hydrogen-bond acceptors (Lipinski definition) is 6. The Labute approximate surface area is 121 Å². The fourth-order valence-electron chi connectivity index (χ4n) is 1.58. The quantitative estimate of drug-likeness (QED) is 0.564. The molecule has 0 saturated carbocycles. The van der Waals surface area contributed by atoms with Gasteiger partial charge in [0.2, 0.25) is 0 Å². The number of nitrogens with one attached hydrogen (secondary N) is 1. The summed E-state index contributed by atoms with van der Waals surface area (Å²) in [6.45, 7) is 0. The number of rotatable bonds is 3. The van der Waals surface area contributed by atoms with Crippen molar-refractivity contribution in [1.82, 2.24) is 19.4 Å². The van der Waals surface area contributed by atoms with Crippen molar-refractivity contribution in [1.29, 1.82) is 0 Å². The van der Waals surface area contributed by atoms with Crippen molar-refractivity contribution in [3.63, 3.8) is 0 Å². The van der Waals surface area contributed by atoms with Crippen LogP contribution >= 0.6 is 27.7 Å². The Kier molecular flexibility index (Phi) is 3.36. The average molecular weight is 337 g/mol. The highest BCUT2D eigenvalue weighted by Crippen LogP contribution is 2.32. The maximum atomic E-state index is 5.42. The summed E-state index contributed by atoms with van der Waals surface area (Å²) in [5.74, 6) is 5.99. The zero-order chi connectivity index (χ0) is 13.2. The van der Waals surface area contributed by atoms with Crippen LogP contribution in [-0.2, 0) is 0 Å². The van der Waals surface area contributed by atoms with Crippen LogP contribution < -0.4 is 11.3 Å². The molecule has 19 heavy (non-hydrogen) atoms. The molecule has 3 rings (SSSR count). The summed E-state index contributed by atoms with van der Waals surface area (Å²) < 4.78 is 2.78. The van der Waals surface area contributed by atoms with Gasteiger partial charge in [0.1, 0.15) is 10.1 Å². The second-order valence-electron chi connectivity index (χ2n) is 3.63. The number of anilines is 1. The number of pyridine rings is 1. The minimum atomic E-state index is 0.569. The number of hydrogen-bond donors (Lipinski definition) is 2. The van der Waals surface area contributed by atoms with E-state index >= 15 is 0 Å². The Balaban J connectivity index is 2.09. The zero-order valence-electron chi connectivity index (χ0n) is 9.62. The van der Waals surface area contributed by atoms with E-state index in [4.69, 9.17) is 5.84 Å². The lowest BCUT2D eigenvalue weighted by molar-refractivity contribution is 1.01. The lowest BCUT2D eigenvalue weighted by Gasteiger charge is -2.06. The third-order valence-electron chi connectivity index (χ3n) is 2.41. The van der Waals surface area contributed by atoms with Crippen LogP contribution in [0.1, 0.15) is 0 Å². The fraction of sp³-hybridized carbons (Fsp3) is 0. The topological polar surface area (TPSA) is 81.1 Å². The maximum absolute atomic E-state index is 5.42. The number of fused-ring (bicyclic) bond motifs is 1. The average Bonchev–Trinajstić information content (AvgIpc) is 2.89. The summed E-state index contributed by atoms with van der Waals surface area (Å²) >= 11 is 4.90. The first-order chi connectivity index (χ1) is 9.28. The summed E-state index contributed by atoms with van der Waals surface area (Å²) in [4.78, 5) is 13.0. The van der Waals surface area contributed by atoms with Crippen LogP contribution in [0.15, 0.2) is 51.4 Å². The number of nitrogen functional groups attached to an aromatic ring is 1. The molecule has 0 bridgehead atoms. The summed E-state index contributed by atoms with van der Waals surface area (Å²) in [5, 5.41) is 1.56. The first-order valence-electron chi connectivity index (χ1n) is 5.36. The Morgan fingerprint density at radius 2 is 2.16 bits per heavy atom. The van der Waals surface area contributed by atoms with Crippen molar-refractivity contribution >= 4 is 39.2 Å². The highest BCUT2D eigenvalue weighted by Gasteiger charge is 2.11. The van der Waals surface area contributed by atoms with E-state index in [1.165, 1.54) is 11.8 Å². The summed E-state index contributed by atoms with van der Waals surface area (Å²) in [5.41, 5.74) is 3.31. The molecule has 3 N–H and O–H groups in total. The van der Waals surface area contributed by atoms with Crippen LogP contribution in [0.3, 0.4) is 0 Å². The van der Waals surface area contributed by atoms with E-state index in [9.17, 15) is 0 Å². The van der Waals surface area contributed by atoms with E-state index in [1.54, 1.807) is 18.6 Å². The molecule has 8 heteroatoms. The molecule has 0 saturated heterocycles. The third kappa shape index (κ3) is 2.42. The van der Waals surface area contributed by atoms with E-state index in [0.717, 1.165) is 20.2 Å². The van der Waals surface area contributed by atoms with Gasteiger partial charge >= 0.3 is 0 Å². The molecular formula is C11H9BrN6S. The van der Waals surface area contributed by atoms with Gasteiger partial charge in [-0.3, -0.25) is 0 Å². The van der Waals surface area contributed by atoms with Crippen molar-refractivity contribution in [2.45, 2.75) is 10.1 Å². The number of aromatic nitrogens is 4.